The van der Waals surface area contributed by atoms with E-state index >= 15 is 0 Å². The van der Waals surface area contributed by atoms with Crippen LogP contribution in [0.15, 0.2) is 27.1 Å². The van der Waals surface area contributed by atoms with Gasteiger partial charge in [-0.3, -0.25) is 4.90 Å². The van der Waals surface area contributed by atoms with E-state index in [0.717, 1.165) is 15.5 Å². The molecule has 2 atom stereocenters. The minimum Gasteiger partial charge on any atom is -0.329 e. The van der Waals surface area contributed by atoms with Crippen molar-refractivity contribution in [2.24, 2.45) is 5.73 Å². The van der Waals surface area contributed by atoms with Crippen LogP contribution in [0.2, 0.25) is 0 Å². The Morgan fingerprint density at radius 2 is 2.05 bits per heavy atom. The maximum absolute atomic E-state index is 6.07. The minimum absolute atomic E-state index is 0.331. The maximum atomic E-state index is 6.07. The molecule has 1 aromatic carbocycles. The molecule has 0 amide bonds. The first-order chi connectivity index (χ1) is 9.13. The van der Waals surface area contributed by atoms with Crippen LogP contribution >= 0.6 is 31.9 Å². The lowest BCUT2D eigenvalue weighted by atomic mass is 10.0. The molecule has 2 nitrogen and oxygen atoms in total. The number of likely N-dealkylation sites (tertiary alicyclic amines) is 1. The predicted molar refractivity (Wildman–Crippen MR) is 88.3 cm³/mol. The smallest absolute Gasteiger partial charge is 0.0473 e. The quantitative estimate of drug-likeness (QED) is 0.825. The Morgan fingerprint density at radius 3 is 2.74 bits per heavy atom. The molecule has 2 N–H and O–H groups in total. The molecule has 2 unspecified atom stereocenters. The summed E-state index contributed by atoms with van der Waals surface area (Å²) in [6.45, 7) is 4.18. The molecule has 4 heteroatoms. The molecule has 0 spiro atoms. The minimum atomic E-state index is 0.331. The second-order valence-corrected chi connectivity index (χ2v) is 7.07. The average molecular weight is 390 g/mol. The summed E-state index contributed by atoms with van der Waals surface area (Å²) in [6.07, 6.45) is 5.27. The van der Waals surface area contributed by atoms with E-state index in [0.29, 0.717) is 18.6 Å². The standard InChI is InChI=1S/C15H22Br2N2/c1-11-5-3-2-4-8-19(11)15(10-18)12-6-7-13(16)14(17)9-12/h6-7,9,11,15H,2-5,8,10,18H2,1H3. The topological polar surface area (TPSA) is 29.3 Å². The highest BCUT2D eigenvalue weighted by atomic mass is 79.9. The van der Waals surface area contributed by atoms with E-state index in [-0.39, 0.29) is 0 Å². The van der Waals surface area contributed by atoms with Crippen molar-refractivity contribution in [3.63, 3.8) is 0 Å². The molecule has 2 rings (SSSR count). The third kappa shape index (κ3) is 3.81. The van der Waals surface area contributed by atoms with Crippen LogP contribution in [0.4, 0.5) is 0 Å². The van der Waals surface area contributed by atoms with Gasteiger partial charge in [0.05, 0.1) is 0 Å². The maximum Gasteiger partial charge on any atom is 0.0473 e. The molecule has 1 aromatic rings. The number of nitrogens with zero attached hydrogens (tertiary/aromatic N) is 1. The summed E-state index contributed by atoms with van der Waals surface area (Å²) >= 11 is 7.12. The Labute approximate surface area is 133 Å². The number of hydrogen-bond donors (Lipinski definition) is 1. The number of benzene rings is 1. The van der Waals surface area contributed by atoms with Gasteiger partial charge in [-0.1, -0.05) is 18.9 Å². The first kappa shape index (κ1) is 15.5. The Bertz CT molecular complexity index is 423. The van der Waals surface area contributed by atoms with Gasteiger partial charge in [-0.2, -0.15) is 0 Å². The van der Waals surface area contributed by atoms with Crippen molar-refractivity contribution in [3.05, 3.63) is 32.7 Å². The molecule has 0 aromatic heterocycles. The fourth-order valence-electron chi connectivity index (χ4n) is 2.94. The van der Waals surface area contributed by atoms with Gasteiger partial charge in [0.2, 0.25) is 0 Å². The van der Waals surface area contributed by atoms with E-state index in [1.165, 1.54) is 31.2 Å². The molecule has 0 saturated carbocycles. The van der Waals surface area contributed by atoms with Crippen molar-refractivity contribution in [3.8, 4) is 0 Å². The van der Waals surface area contributed by atoms with Crippen LogP contribution in [0.25, 0.3) is 0 Å². The number of nitrogens with two attached hydrogens (primary N) is 1. The largest absolute Gasteiger partial charge is 0.329 e. The summed E-state index contributed by atoms with van der Waals surface area (Å²) < 4.78 is 2.20. The highest BCUT2D eigenvalue weighted by Crippen LogP contribution is 2.31. The van der Waals surface area contributed by atoms with Crippen molar-refractivity contribution in [2.45, 2.75) is 44.7 Å². The molecular formula is C15H22Br2N2. The van der Waals surface area contributed by atoms with E-state index in [4.69, 9.17) is 5.73 Å². The summed E-state index contributed by atoms with van der Waals surface area (Å²) in [5.74, 6) is 0. The van der Waals surface area contributed by atoms with Crippen LogP contribution in [-0.4, -0.2) is 24.0 Å². The van der Waals surface area contributed by atoms with E-state index in [2.05, 4.69) is 61.9 Å². The highest BCUT2D eigenvalue weighted by molar-refractivity contribution is 9.13. The summed E-state index contributed by atoms with van der Waals surface area (Å²) in [5.41, 5.74) is 7.38. The Balaban J connectivity index is 2.24. The Morgan fingerprint density at radius 1 is 1.26 bits per heavy atom. The van der Waals surface area contributed by atoms with Gasteiger partial charge in [-0.15, -0.1) is 0 Å². The van der Waals surface area contributed by atoms with Gasteiger partial charge < -0.3 is 5.73 Å². The zero-order valence-corrected chi connectivity index (χ0v) is 14.6. The lowest BCUT2D eigenvalue weighted by molar-refractivity contribution is 0.150. The average Bonchev–Trinajstić information content (AvgIpc) is 2.60. The highest BCUT2D eigenvalue weighted by Gasteiger charge is 2.25. The fourth-order valence-corrected chi connectivity index (χ4v) is 3.59. The van der Waals surface area contributed by atoms with Gasteiger partial charge in [0.25, 0.3) is 0 Å². The first-order valence-electron chi connectivity index (χ1n) is 7.04. The molecule has 0 bridgehead atoms. The molecule has 0 aliphatic carbocycles. The van der Waals surface area contributed by atoms with E-state index in [9.17, 15) is 0 Å². The Kier molecular flexibility index (Phi) is 5.87. The number of rotatable bonds is 3. The van der Waals surface area contributed by atoms with Crippen molar-refractivity contribution in [1.82, 2.24) is 4.90 Å². The zero-order chi connectivity index (χ0) is 13.8. The molecular weight excluding hydrogens is 368 g/mol. The number of hydrogen-bond acceptors (Lipinski definition) is 2. The van der Waals surface area contributed by atoms with Crippen LogP contribution in [0, 0.1) is 0 Å². The molecule has 0 radical (unpaired) electrons. The third-order valence-electron chi connectivity index (χ3n) is 4.06. The van der Waals surface area contributed by atoms with Gasteiger partial charge in [0.15, 0.2) is 0 Å². The molecule has 1 heterocycles. The van der Waals surface area contributed by atoms with Crippen molar-refractivity contribution in [2.75, 3.05) is 13.1 Å². The third-order valence-corrected chi connectivity index (χ3v) is 5.94. The van der Waals surface area contributed by atoms with Crippen molar-refractivity contribution in [1.29, 1.82) is 0 Å². The summed E-state index contributed by atoms with van der Waals surface area (Å²) in [4.78, 5) is 2.59. The van der Waals surface area contributed by atoms with Crippen LogP contribution < -0.4 is 5.73 Å². The van der Waals surface area contributed by atoms with Crippen molar-refractivity contribution < 1.29 is 0 Å². The summed E-state index contributed by atoms with van der Waals surface area (Å²) in [5, 5.41) is 0. The Hall–Kier alpha value is 0.1000. The van der Waals surface area contributed by atoms with Gasteiger partial charge in [0.1, 0.15) is 0 Å². The van der Waals surface area contributed by atoms with Crippen LogP contribution in [-0.2, 0) is 0 Å². The van der Waals surface area contributed by atoms with Gasteiger partial charge in [-0.05, 0) is 75.9 Å². The lowest BCUT2D eigenvalue weighted by Gasteiger charge is -2.35. The van der Waals surface area contributed by atoms with Crippen LogP contribution in [0.1, 0.15) is 44.2 Å². The monoisotopic (exact) mass is 388 g/mol. The van der Waals surface area contributed by atoms with E-state index in [1.807, 2.05) is 0 Å². The molecule has 1 aliphatic rings. The summed E-state index contributed by atoms with van der Waals surface area (Å²) in [6, 6.07) is 7.43. The van der Waals surface area contributed by atoms with Gasteiger partial charge >= 0.3 is 0 Å². The number of halogens is 2. The second-order valence-electron chi connectivity index (χ2n) is 5.36. The molecule has 106 valence electrons. The van der Waals surface area contributed by atoms with E-state index < -0.39 is 0 Å². The first-order valence-corrected chi connectivity index (χ1v) is 8.63. The molecule has 1 fully saturated rings. The second kappa shape index (κ2) is 7.21. The van der Waals surface area contributed by atoms with Crippen LogP contribution in [0.5, 0.6) is 0 Å². The fraction of sp³-hybridized carbons (Fsp3) is 0.600. The lowest BCUT2D eigenvalue weighted by Crippen LogP contribution is -2.39. The molecule has 19 heavy (non-hydrogen) atoms. The van der Waals surface area contributed by atoms with Crippen molar-refractivity contribution >= 4 is 31.9 Å². The zero-order valence-electron chi connectivity index (χ0n) is 11.4. The van der Waals surface area contributed by atoms with Gasteiger partial charge in [0, 0.05) is 27.6 Å². The SMILES string of the molecule is CC1CCCCCN1C(CN)c1ccc(Br)c(Br)c1. The van der Waals surface area contributed by atoms with E-state index in [1.54, 1.807) is 0 Å². The molecule has 1 saturated heterocycles. The normalized spacial score (nSPS) is 23.1. The molecule has 1 aliphatic heterocycles. The summed E-state index contributed by atoms with van der Waals surface area (Å²) in [7, 11) is 0. The van der Waals surface area contributed by atoms with Gasteiger partial charge in [-0.25, -0.2) is 0 Å². The van der Waals surface area contributed by atoms with Crippen LogP contribution in [0.3, 0.4) is 0 Å². The predicted octanol–water partition coefficient (Wildman–Crippen LogP) is 4.48.